The number of primary amides is 1. The van der Waals surface area contributed by atoms with Gasteiger partial charge in [-0.3, -0.25) is 9.59 Å². The molecule has 0 aliphatic heterocycles. The first-order valence-electron chi connectivity index (χ1n) is 11.4. The first-order valence-corrected chi connectivity index (χ1v) is 13.0. The van der Waals surface area contributed by atoms with Gasteiger partial charge < -0.3 is 16.8 Å². The summed E-state index contributed by atoms with van der Waals surface area (Å²) < 4.78 is 0. The van der Waals surface area contributed by atoms with Gasteiger partial charge in [0.05, 0.1) is 11.3 Å². The molecule has 1 atom stereocenters. The predicted molar refractivity (Wildman–Crippen MR) is 132 cm³/mol. The van der Waals surface area contributed by atoms with E-state index in [2.05, 4.69) is 18.3 Å². The van der Waals surface area contributed by atoms with Crippen LogP contribution in [0.3, 0.4) is 0 Å². The number of nitrogens with one attached hydrogen (secondary N) is 1. The van der Waals surface area contributed by atoms with Crippen LogP contribution in [0, 0.1) is 5.92 Å². The highest BCUT2D eigenvalue weighted by atomic mass is 32.1. The van der Waals surface area contributed by atoms with Crippen molar-refractivity contribution in [1.82, 2.24) is 4.98 Å². The van der Waals surface area contributed by atoms with E-state index in [-0.39, 0.29) is 5.91 Å². The van der Waals surface area contributed by atoms with Gasteiger partial charge in [0.2, 0.25) is 0 Å². The van der Waals surface area contributed by atoms with Gasteiger partial charge in [0.1, 0.15) is 14.7 Å². The second-order valence-corrected chi connectivity index (χ2v) is 11.2. The number of hydrogen-bond donors (Lipinski definition) is 3. The summed E-state index contributed by atoms with van der Waals surface area (Å²) in [6, 6.07) is 2.13. The molecule has 1 unspecified atom stereocenters. The summed E-state index contributed by atoms with van der Waals surface area (Å²) in [5.41, 5.74) is 16.5. The Bertz CT molecular complexity index is 1230. The van der Waals surface area contributed by atoms with Gasteiger partial charge in [0.25, 0.3) is 11.8 Å². The first kappa shape index (κ1) is 21.4. The summed E-state index contributed by atoms with van der Waals surface area (Å²) in [4.78, 5) is 32.7. The van der Waals surface area contributed by atoms with Gasteiger partial charge >= 0.3 is 0 Å². The quantitative estimate of drug-likeness (QED) is 0.498. The van der Waals surface area contributed by atoms with Gasteiger partial charge in [0, 0.05) is 16.0 Å². The van der Waals surface area contributed by atoms with Crippen LogP contribution in [0.25, 0.3) is 10.2 Å². The predicted octanol–water partition coefficient (Wildman–Crippen LogP) is 5.08. The normalized spacial score (nSPS) is 18.5. The molecule has 0 spiro atoms. The number of thiophene rings is 2. The number of carbonyl (C=O) groups is 2. The van der Waals surface area contributed by atoms with Gasteiger partial charge in [-0.1, -0.05) is 19.8 Å². The highest BCUT2D eigenvalue weighted by molar-refractivity contribution is 7.21. The molecule has 5 rings (SSSR count). The zero-order valence-corrected chi connectivity index (χ0v) is 19.9. The zero-order valence-electron chi connectivity index (χ0n) is 18.3. The third-order valence-corrected chi connectivity index (χ3v) is 8.97. The standard InChI is InChI=1S/C24H28N4O2S2/c1-12-8-9-14-17(10-12)31-24(18(14)21(26)29)28-22(30)20-19(25)15-11-13-6-4-2-3-5-7-16(13)27-23(15)32-20/h11-12H,2-10,25H2,1H3,(H2,26,29)(H,28,30). The molecule has 6 nitrogen and oxygen atoms in total. The molecule has 168 valence electrons. The van der Waals surface area contributed by atoms with Crippen LogP contribution < -0.4 is 16.8 Å². The molecule has 8 heteroatoms. The number of anilines is 2. The van der Waals surface area contributed by atoms with Crippen LogP contribution in [0.5, 0.6) is 0 Å². The fourth-order valence-corrected chi connectivity index (χ4v) is 7.34. The molecule has 3 aromatic heterocycles. The van der Waals surface area contributed by atoms with Crippen molar-refractivity contribution in [3.05, 3.63) is 38.2 Å². The molecule has 0 fully saturated rings. The van der Waals surface area contributed by atoms with Crippen molar-refractivity contribution in [3.63, 3.8) is 0 Å². The lowest BCUT2D eigenvalue weighted by Gasteiger charge is -2.18. The Hall–Kier alpha value is -2.45. The van der Waals surface area contributed by atoms with Crippen molar-refractivity contribution >= 4 is 55.4 Å². The van der Waals surface area contributed by atoms with E-state index in [4.69, 9.17) is 16.5 Å². The second-order valence-electron chi connectivity index (χ2n) is 9.08. The Balaban J connectivity index is 1.49. The molecule has 32 heavy (non-hydrogen) atoms. The molecule has 5 N–H and O–H groups in total. The van der Waals surface area contributed by atoms with Gasteiger partial charge in [-0.25, -0.2) is 4.98 Å². The molecular weight excluding hydrogens is 440 g/mol. The van der Waals surface area contributed by atoms with Gasteiger partial charge in [-0.2, -0.15) is 0 Å². The number of amides is 2. The average Bonchev–Trinajstić information content (AvgIpc) is 3.24. The van der Waals surface area contributed by atoms with E-state index in [1.807, 2.05) is 0 Å². The lowest BCUT2D eigenvalue weighted by atomic mass is 9.88. The number of carbonyl (C=O) groups excluding carboxylic acids is 2. The van der Waals surface area contributed by atoms with Crippen LogP contribution in [0.15, 0.2) is 6.07 Å². The van der Waals surface area contributed by atoms with Gasteiger partial charge in [0.15, 0.2) is 0 Å². The number of aromatic nitrogens is 1. The minimum Gasteiger partial charge on any atom is -0.397 e. The van der Waals surface area contributed by atoms with Crippen molar-refractivity contribution in [1.29, 1.82) is 0 Å². The third-order valence-electron chi connectivity index (χ3n) is 6.69. The zero-order chi connectivity index (χ0) is 22.4. The number of nitrogens with zero attached hydrogens (tertiary/aromatic N) is 1. The molecule has 2 aliphatic carbocycles. The Kier molecular flexibility index (Phi) is 5.67. The van der Waals surface area contributed by atoms with Crippen molar-refractivity contribution < 1.29 is 9.59 Å². The molecule has 2 aliphatic rings. The summed E-state index contributed by atoms with van der Waals surface area (Å²) in [7, 11) is 0. The van der Waals surface area contributed by atoms with E-state index in [0.717, 1.165) is 71.3 Å². The Morgan fingerprint density at radius 1 is 1.12 bits per heavy atom. The Morgan fingerprint density at radius 2 is 1.91 bits per heavy atom. The minimum atomic E-state index is -0.488. The summed E-state index contributed by atoms with van der Waals surface area (Å²) in [6.07, 6.45) is 9.55. The number of rotatable bonds is 3. The lowest BCUT2D eigenvalue weighted by Crippen LogP contribution is -2.19. The van der Waals surface area contributed by atoms with Crippen molar-refractivity contribution in [2.24, 2.45) is 11.7 Å². The maximum absolute atomic E-state index is 13.2. The fourth-order valence-electron chi connectivity index (χ4n) is 4.94. The third kappa shape index (κ3) is 3.79. The number of fused-ring (bicyclic) bond motifs is 3. The minimum absolute atomic E-state index is 0.299. The summed E-state index contributed by atoms with van der Waals surface area (Å²) >= 11 is 2.80. The largest absolute Gasteiger partial charge is 0.397 e. The Morgan fingerprint density at radius 3 is 2.69 bits per heavy atom. The van der Waals surface area contributed by atoms with Crippen LogP contribution in [0.2, 0.25) is 0 Å². The van der Waals surface area contributed by atoms with Crippen molar-refractivity contribution in [2.45, 2.75) is 64.7 Å². The van der Waals surface area contributed by atoms with Crippen LogP contribution in [0.1, 0.15) is 80.8 Å². The van der Waals surface area contributed by atoms with Crippen LogP contribution in [-0.4, -0.2) is 16.8 Å². The van der Waals surface area contributed by atoms with Crippen molar-refractivity contribution in [2.75, 3.05) is 11.1 Å². The molecule has 2 amide bonds. The van der Waals surface area contributed by atoms with E-state index < -0.39 is 5.91 Å². The van der Waals surface area contributed by atoms with Crippen LogP contribution >= 0.6 is 22.7 Å². The molecule has 0 bridgehead atoms. The monoisotopic (exact) mass is 468 g/mol. The molecule has 3 aromatic rings. The van der Waals surface area contributed by atoms with E-state index in [1.165, 1.54) is 41.1 Å². The molecule has 3 heterocycles. The Labute approximate surface area is 195 Å². The van der Waals surface area contributed by atoms with Crippen LogP contribution in [-0.2, 0) is 25.7 Å². The first-order chi connectivity index (χ1) is 15.4. The smallest absolute Gasteiger partial charge is 0.268 e. The average molecular weight is 469 g/mol. The number of pyridine rings is 1. The van der Waals surface area contributed by atoms with Crippen molar-refractivity contribution in [3.8, 4) is 0 Å². The molecular formula is C24H28N4O2S2. The summed E-state index contributed by atoms with van der Waals surface area (Å²) in [6.45, 7) is 2.21. The van der Waals surface area contributed by atoms with E-state index in [9.17, 15) is 9.59 Å². The van der Waals surface area contributed by atoms with Crippen LogP contribution in [0.4, 0.5) is 10.7 Å². The number of aryl methyl sites for hydroxylation is 2. The maximum Gasteiger partial charge on any atom is 0.268 e. The SMILES string of the molecule is CC1CCc2c(sc(NC(=O)c3sc4nc5c(cc4c3N)CCCCCC5)c2C(N)=O)C1. The number of hydrogen-bond acceptors (Lipinski definition) is 6. The number of nitrogen functional groups attached to an aromatic ring is 1. The molecule has 0 radical (unpaired) electrons. The fraction of sp³-hybridized carbons (Fsp3) is 0.458. The summed E-state index contributed by atoms with van der Waals surface area (Å²) in [5.74, 6) is -0.223. The highest BCUT2D eigenvalue weighted by Gasteiger charge is 2.28. The number of nitrogens with two attached hydrogens (primary N) is 2. The van der Waals surface area contributed by atoms with E-state index in [1.54, 1.807) is 0 Å². The topological polar surface area (TPSA) is 111 Å². The molecule has 0 saturated carbocycles. The highest BCUT2D eigenvalue weighted by Crippen LogP contribution is 2.41. The van der Waals surface area contributed by atoms with E-state index >= 15 is 0 Å². The summed E-state index contributed by atoms with van der Waals surface area (Å²) in [5, 5.41) is 4.35. The maximum atomic E-state index is 13.2. The van der Waals surface area contributed by atoms with Gasteiger partial charge in [-0.05, 0) is 68.1 Å². The lowest BCUT2D eigenvalue weighted by molar-refractivity contribution is 0.1000. The van der Waals surface area contributed by atoms with E-state index in [0.29, 0.717) is 27.0 Å². The molecule has 0 aromatic carbocycles. The second kappa shape index (κ2) is 8.48. The molecule has 0 saturated heterocycles. The van der Waals surface area contributed by atoms with Gasteiger partial charge in [-0.15, -0.1) is 22.7 Å².